The van der Waals surface area contributed by atoms with E-state index in [0.717, 1.165) is 12.1 Å². The summed E-state index contributed by atoms with van der Waals surface area (Å²) in [7, 11) is -3.91. The van der Waals surface area contributed by atoms with Crippen molar-refractivity contribution in [1.29, 1.82) is 0 Å². The van der Waals surface area contributed by atoms with Crippen LogP contribution in [-0.4, -0.2) is 49.7 Å². The molecule has 5 nitrogen and oxygen atoms in total. The van der Waals surface area contributed by atoms with Crippen LogP contribution >= 0.6 is 0 Å². The average molecular weight is 356 g/mol. The zero-order valence-corrected chi connectivity index (χ0v) is 14.0. The quantitative estimate of drug-likeness (QED) is 0.612. The second kappa shape index (κ2) is 7.67. The lowest BCUT2D eigenvalue weighted by Gasteiger charge is -2.33. The molecule has 1 heterocycles. The third-order valence-corrected chi connectivity index (χ3v) is 5.52. The molecule has 0 N–H and O–H groups in total. The fourth-order valence-corrected chi connectivity index (χ4v) is 3.72. The van der Waals surface area contributed by atoms with Crippen molar-refractivity contribution in [2.75, 3.05) is 26.2 Å². The zero-order valence-electron chi connectivity index (χ0n) is 13.2. The van der Waals surface area contributed by atoms with Gasteiger partial charge in [0.2, 0.25) is 15.9 Å². The number of amides is 1. The van der Waals surface area contributed by atoms with Crippen LogP contribution in [0.1, 0.15) is 6.92 Å². The highest BCUT2D eigenvalue weighted by Crippen LogP contribution is 2.20. The first-order valence-electron chi connectivity index (χ1n) is 7.39. The number of rotatable bonds is 4. The van der Waals surface area contributed by atoms with Crippen LogP contribution in [0.4, 0.5) is 8.78 Å². The highest BCUT2D eigenvalue weighted by molar-refractivity contribution is 7.89. The molecular formula is C16H18F2N2O3S. The van der Waals surface area contributed by atoms with Crippen LogP contribution in [-0.2, 0) is 14.8 Å². The van der Waals surface area contributed by atoms with Crippen molar-refractivity contribution < 1.29 is 22.0 Å². The van der Waals surface area contributed by atoms with Gasteiger partial charge in [0.1, 0.15) is 0 Å². The molecule has 0 unspecified atom stereocenters. The van der Waals surface area contributed by atoms with Crippen molar-refractivity contribution in [2.24, 2.45) is 0 Å². The molecule has 1 saturated heterocycles. The molecule has 1 aliphatic heterocycles. The number of carbonyl (C=O) groups excluding carboxylic acids is 1. The van der Waals surface area contributed by atoms with Crippen LogP contribution in [0, 0.1) is 11.6 Å². The van der Waals surface area contributed by atoms with Crippen LogP contribution in [0.3, 0.4) is 0 Å². The van der Waals surface area contributed by atoms with Crippen molar-refractivity contribution >= 4 is 15.9 Å². The lowest BCUT2D eigenvalue weighted by atomic mass is 10.3. The van der Waals surface area contributed by atoms with Gasteiger partial charge in [-0.05, 0) is 25.1 Å². The van der Waals surface area contributed by atoms with Crippen molar-refractivity contribution in [1.82, 2.24) is 9.21 Å². The summed E-state index contributed by atoms with van der Waals surface area (Å²) in [5.74, 6) is -2.51. The van der Waals surface area contributed by atoms with E-state index < -0.39 is 21.7 Å². The molecule has 130 valence electrons. The van der Waals surface area contributed by atoms with Crippen LogP contribution in [0.5, 0.6) is 0 Å². The Bertz CT molecular complexity index is 768. The lowest BCUT2D eigenvalue weighted by Crippen LogP contribution is -2.50. The minimum absolute atomic E-state index is 0.102. The average Bonchev–Trinajstić information content (AvgIpc) is 2.57. The lowest BCUT2D eigenvalue weighted by molar-refractivity contribution is -0.127. The number of hydrogen-bond acceptors (Lipinski definition) is 3. The molecule has 0 aromatic heterocycles. The van der Waals surface area contributed by atoms with E-state index in [4.69, 9.17) is 0 Å². The number of nitrogens with zero attached hydrogens (tertiary/aromatic N) is 2. The fourth-order valence-electron chi connectivity index (χ4n) is 2.29. The summed E-state index contributed by atoms with van der Waals surface area (Å²) in [4.78, 5) is 13.2. The minimum atomic E-state index is -3.91. The summed E-state index contributed by atoms with van der Waals surface area (Å²) >= 11 is 0. The Morgan fingerprint density at radius 3 is 2.33 bits per heavy atom. The van der Waals surface area contributed by atoms with Crippen molar-refractivity contribution in [3.05, 3.63) is 54.1 Å². The van der Waals surface area contributed by atoms with Gasteiger partial charge in [0.15, 0.2) is 11.6 Å². The minimum Gasteiger partial charge on any atom is -0.337 e. The van der Waals surface area contributed by atoms with Crippen LogP contribution in [0.15, 0.2) is 47.4 Å². The molecule has 0 aliphatic carbocycles. The number of carbonyl (C=O) groups is 1. The molecule has 1 aliphatic rings. The number of hydrogen-bond donors (Lipinski definition) is 0. The molecule has 2 rings (SSSR count). The Kier molecular flexibility index (Phi) is 5.84. The summed E-state index contributed by atoms with van der Waals surface area (Å²) in [6, 6.07) is 2.49. The van der Waals surface area contributed by atoms with Gasteiger partial charge in [0, 0.05) is 32.3 Å². The first-order valence-corrected chi connectivity index (χ1v) is 8.83. The van der Waals surface area contributed by atoms with Crippen molar-refractivity contribution in [2.45, 2.75) is 11.8 Å². The normalized spacial score (nSPS) is 17.0. The maximum Gasteiger partial charge on any atom is 0.246 e. The summed E-state index contributed by atoms with van der Waals surface area (Å²) in [6.07, 6.45) is 6.55. The summed E-state index contributed by atoms with van der Waals surface area (Å²) in [5.41, 5.74) is 0. The Labute approximate surface area is 139 Å². The van der Waals surface area contributed by atoms with Gasteiger partial charge in [-0.15, -0.1) is 0 Å². The van der Waals surface area contributed by atoms with Gasteiger partial charge in [-0.3, -0.25) is 4.79 Å². The summed E-state index contributed by atoms with van der Waals surface area (Å²) in [5, 5.41) is 0. The highest BCUT2D eigenvalue weighted by Gasteiger charge is 2.30. The second-order valence-electron chi connectivity index (χ2n) is 5.19. The van der Waals surface area contributed by atoms with Crippen LogP contribution < -0.4 is 0 Å². The third-order valence-electron chi connectivity index (χ3n) is 3.62. The number of piperazine rings is 1. The van der Waals surface area contributed by atoms with E-state index in [9.17, 15) is 22.0 Å². The molecule has 0 atom stereocenters. The van der Waals surface area contributed by atoms with Gasteiger partial charge in [-0.1, -0.05) is 18.2 Å². The summed E-state index contributed by atoms with van der Waals surface area (Å²) in [6.45, 7) is 2.51. The molecule has 1 amide bonds. The van der Waals surface area contributed by atoms with Gasteiger partial charge in [0.25, 0.3) is 0 Å². The molecule has 8 heteroatoms. The topological polar surface area (TPSA) is 57.7 Å². The highest BCUT2D eigenvalue weighted by atomic mass is 32.2. The fraction of sp³-hybridized carbons (Fsp3) is 0.312. The zero-order chi connectivity index (χ0) is 17.7. The van der Waals surface area contributed by atoms with E-state index in [1.807, 2.05) is 6.92 Å². The molecule has 0 bridgehead atoms. The Morgan fingerprint density at radius 1 is 1.08 bits per heavy atom. The van der Waals surface area contributed by atoms with Gasteiger partial charge in [0.05, 0.1) is 4.90 Å². The first kappa shape index (κ1) is 18.3. The molecule has 24 heavy (non-hydrogen) atoms. The standard InChI is InChI=1S/C16H18F2N2O3S/c1-2-3-4-5-16(21)19-8-10-20(11-9-19)24(22,23)13-6-7-14(17)15(18)12-13/h2-7,12H,8-11H2,1H3/b3-2+,5-4+. The molecule has 1 aromatic carbocycles. The van der Waals surface area contributed by atoms with E-state index in [-0.39, 0.29) is 37.0 Å². The van der Waals surface area contributed by atoms with Crippen molar-refractivity contribution in [3.63, 3.8) is 0 Å². The number of allylic oxidation sites excluding steroid dienone is 3. The monoisotopic (exact) mass is 356 g/mol. The van der Waals surface area contributed by atoms with E-state index in [1.165, 1.54) is 15.3 Å². The maximum atomic E-state index is 13.3. The first-order chi connectivity index (χ1) is 11.4. The second-order valence-corrected chi connectivity index (χ2v) is 7.13. The number of sulfonamides is 1. The van der Waals surface area contributed by atoms with Gasteiger partial charge < -0.3 is 4.90 Å². The predicted octanol–water partition coefficient (Wildman–Crippen LogP) is 1.93. The number of benzene rings is 1. The molecule has 1 aromatic rings. The molecule has 0 spiro atoms. The smallest absolute Gasteiger partial charge is 0.246 e. The molecule has 0 radical (unpaired) electrons. The van der Waals surface area contributed by atoms with Gasteiger partial charge in [-0.25, -0.2) is 17.2 Å². The summed E-state index contributed by atoms with van der Waals surface area (Å²) < 4.78 is 52.3. The van der Waals surface area contributed by atoms with Crippen LogP contribution in [0.2, 0.25) is 0 Å². The Balaban J connectivity index is 2.05. The molecular weight excluding hydrogens is 338 g/mol. The Hall–Kier alpha value is -2.06. The third kappa shape index (κ3) is 4.07. The van der Waals surface area contributed by atoms with Crippen molar-refractivity contribution in [3.8, 4) is 0 Å². The molecule has 0 saturated carbocycles. The molecule has 1 fully saturated rings. The Morgan fingerprint density at radius 2 is 1.75 bits per heavy atom. The maximum absolute atomic E-state index is 13.3. The predicted molar refractivity (Wildman–Crippen MR) is 85.7 cm³/mol. The van der Waals surface area contributed by atoms with Crippen LogP contribution in [0.25, 0.3) is 0 Å². The van der Waals surface area contributed by atoms with Gasteiger partial charge >= 0.3 is 0 Å². The number of halogens is 2. The van der Waals surface area contributed by atoms with E-state index >= 15 is 0 Å². The van der Waals surface area contributed by atoms with E-state index in [2.05, 4.69) is 0 Å². The van der Waals surface area contributed by atoms with Gasteiger partial charge in [-0.2, -0.15) is 4.31 Å². The van der Waals surface area contributed by atoms with E-state index in [0.29, 0.717) is 6.07 Å². The van der Waals surface area contributed by atoms with E-state index in [1.54, 1.807) is 18.2 Å². The largest absolute Gasteiger partial charge is 0.337 e. The SMILES string of the molecule is C/C=C/C=C/C(=O)N1CCN(S(=O)(=O)c2ccc(F)c(F)c2)CC1.